The number of nitro benzene ring substituents is 1. The standard InChI is InChI=1S/C9H7N3O3/c13-11-9-3-4-10-8-2-1-6(12(14)15)5-7(8)9/h1-5,13H,(H,10,11). The minimum atomic E-state index is -0.492. The van der Waals surface area contributed by atoms with E-state index >= 15 is 0 Å². The average molecular weight is 205 g/mol. The number of benzene rings is 1. The highest BCUT2D eigenvalue weighted by molar-refractivity contribution is 5.92. The van der Waals surface area contributed by atoms with Crippen molar-refractivity contribution in [1.29, 1.82) is 0 Å². The molecule has 2 N–H and O–H groups in total. The third kappa shape index (κ3) is 1.57. The van der Waals surface area contributed by atoms with E-state index in [9.17, 15) is 10.1 Å². The first-order valence-corrected chi connectivity index (χ1v) is 4.15. The molecule has 2 rings (SSSR count). The summed E-state index contributed by atoms with van der Waals surface area (Å²) in [4.78, 5) is 14.1. The summed E-state index contributed by atoms with van der Waals surface area (Å²) in [6.45, 7) is 0. The van der Waals surface area contributed by atoms with Crippen LogP contribution < -0.4 is 5.48 Å². The van der Waals surface area contributed by atoms with E-state index < -0.39 is 4.92 Å². The molecule has 0 amide bonds. The monoisotopic (exact) mass is 205 g/mol. The first-order valence-electron chi connectivity index (χ1n) is 4.15. The van der Waals surface area contributed by atoms with E-state index in [4.69, 9.17) is 5.21 Å². The minimum absolute atomic E-state index is 0.0352. The molecular weight excluding hydrogens is 198 g/mol. The molecule has 76 valence electrons. The quantitative estimate of drug-likeness (QED) is 0.577. The largest absolute Gasteiger partial charge is 0.291 e. The van der Waals surface area contributed by atoms with Gasteiger partial charge in [-0.1, -0.05) is 0 Å². The van der Waals surface area contributed by atoms with Gasteiger partial charge in [0.15, 0.2) is 0 Å². The summed E-state index contributed by atoms with van der Waals surface area (Å²) in [6, 6.07) is 5.80. The lowest BCUT2D eigenvalue weighted by Gasteiger charge is -2.03. The SMILES string of the molecule is O=[N+]([O-])c1ccc2nccc(NO)c2c1. The Bertz CT molecular complexity index is 527. The molecule has 15 heavy (non-hydrogen) atoms. The summed E-state index contributed by atoms with van der Waals surface area (Å²) in [5, 5.41) is 19.9. The van der Waals surface area contributed by atoms with E-state index in [0.717, 1.165) is 0 Å². The van der Waals surface area contributed by atoms with Crippen LogP contribution in [0.25, 0.3) is 10.9 Å². The summed E-state index contributed by atoms with van der Waals surface area (Å²) >= 11 is 0. The number of fused-ring (bicyclic) bond motifs is 1. The smallest absolute Gasteiger partial charge is 0.270 e. The van der Waals surface area contributed by atoms with Crippen LogP contribution >= 0.6 is 0 Å². The summed E-state index contributed by atoms with van der Waals surface area (Å²) in [6.07, 6.45) is 1.51. The van der Waals surface area contributed by atoms with Crippen molar-refractivity contribution in [3.05, 3.63) is 40.6 Å². The molecule has 0 radical (unpaired) electrons. The van der Waals surface area contributed by atoms with Crippen LogP contribution in [0.1, 0.15) is 0 Å². The van der Waals surface area contributed by atoms with Crippen LogP contribution in [0.5, 0.6) is 0 Å². The Hall–Kier alpha value is -2.21. The zero-order valence-corrected chi connectivity index (χ0v) is 7.54. The fourth-order valence-electron chi connectivity index (χ4n) is 1.35. The molecule has 0 bridgehead atoms. The Morgan fingerprint density at radius 1 is 1.40 bits per heavy atom. The van der Waals surface area contributed by atoms with Crippen molar-refractivity contribution in [1.82, 2.24) is 4.98 Å². The maximum atomic E-state index is 10.5. The Labute approximate surface area is 84.3 Å². The molecule has 2 aromatic rings. The first-order chi connectivity index (χ1) is 7.22. The molecule has 0 aliphatic rings. The maximum absolute atomic E-state index is 10.5. The average Bonchev–Trinajstić information content (AvgIpc) is 2.27. The highest BCUT2D eigenvalue weighted by Gasteiger charge is 2.08. The van der Waals surface area contributed by atoms with Gasteiger partial charge in [-0.05, 0) is 12.1 Å². The highest BCUT2D eigenvalue weighted by atomic mass is 16.6. The summed E-state index contributed by atoms with van der Waals surface area (Å²) < 4.78 is 0. The molecule has 0 fully saturated rings. The number of nitro groups is 1. The second-order valence-electron chi connectivity index (χ2n) is 2.93. The van der Waals surface area contributed by atoms with Crippen molar-refractivity contribution in [2.75, 3.05) is 5.48 Å². The molecule has 0 saturated heterocycles. The predicted molar refractivity (Wildman–Crippen MR) is 53.8 cm³/mol. The lowest BCUT2D eigenvalue weighted by atomic mass is 10.2. The second kappa shape index (κ2) is 3.50. The topological polar surface area (TPSA) is 88.3 Å². The van der Waals surface area contributed by atoms with Crippen LogP contribution in [0.2, 0.25) is 0 Å². The second-order valence-corrected chi connectivity index (χ2v) is 2.93. The number of aromatic nitrogens is 1. The summed E-state index contributed by atoms with van der Waals surface area (Å²) in [5.74, 6) is 0. The van der Waals surface area contributed by atoms with E-state index in [1.807, 2.05) is 5.48 Å². The van der Waals surface area contributed by atoms with E-state index in [0.29, 0.717) is 16.6 Å². The van der Waals surface area contributed by atoms with E-state index in [1.54, 1.807) is 0 Å². The Kier molecular flexibility index (Phi) is 2.18. The molecule has 6 heteroatoms. The minimum Gasteiger partial charge on any atom is -0.291 e. The van der Waals surface area contributed by atoms with E-state index in [1.165, 1.54) is 30.5 Å². The number of nitrogens with zero attached hydrogens (tertiary/aromatic N) is 2. The third-order valence-electron chi connectivity index (χ3n) is 2.06. The van der Waals surface area contributed by atoms with Crippen molar-refractivity contribution in [3.63, 3.8) is 0 Å². The number of pyridine rings is 1. The van der Waals surface area contributed by atoms with Crippen molar-refractivity contribution >= 4 is 22.3 Å². The molecule has 0 saturated carbocycles. The van der Waals surface area contributed by atoms with Gasteiger partial charge in [-0.25, -0.2) is 0 Å². The number of anilines is 1. The van der Waals surface area contributed by atoms with Crippen LogP contribution in [0.3, 0.4) is 0 Å². The first kappa shape index (κ1) is 9.35. The number of hydrogen-bond acceptors (Lipinski definition) is 5. The Morgan fingerprint density at radius 3 is 2.87 bits per heavy atom. The van der Waals surface area contributed by atoms with Gasteiger partial charge in [0, 0.05) is 23.7 Å². The normalized spacial score (nSPS) is 10.2. The van der Waals surface area contributed by atoms with Crippen LogP contribution in [-0.4, -0.2) is 15.1 Å². The van der Waals surface area contributed by atoms with Crippen LogP contribution in [0, 0.1) is 10.1 Å². The predicted octanol–water partition coefficient (Wildman–Crippen LogP) is 1.94. The molecule has 1 aromatic heterocycles. The summed E-state index contributed by atoms with van der Waals surface area (Å²) in [7, 11) is 0. The van der Waals surface area contributed by atoms with Gasteiger partial charge in [0.05, 0.1) is 16.1 Å². The van der Waals surface area contributed by atoms with Gasteiger partial charge < -0.3 is 0 Å². The van der Waals surface area contributed by atoms with E-state index in [-0.39, 0.29) is 5.69 Å². The van der Waals surface area contributed by atoms with Gasteiger partial charge in [-0.2, -0.15) is 0 Å². The van der Waals surface area contributed by atoms with Crippen LogP contribution in [0.4, 0.5) is 11.4 Å². The zero-order chi connectivity index (χ0) is 10.8. The van der Waals surface area contributed by atoms with Gasteiger partial charge >= 0.3 is 0 Å². The fourth-order valence-corrected chi connectivity index (χ4v) is 1.35. The van der Waals surface area contributed by atoms with Gasteiger partial charge in [0.25, 0.3) is 5.69 Å². The van der Waals surface area contributed by atoms with E-state index in [2.05, 4.69) is 4.98 Å². The van der Waals surface area contributed by atoms with Crippen LogP contribution in [-0.2, 0) is 0 Å². The summed E-state index contributed by atoms with van der Waals surface area (Å²) in [5.41, 5.74) is 2.91. The molecule has 0 atom stereocenters. The molecule has 0 aliphatic heterocycles. The Morgan fingerprint density at radius 2 is 2.20 bits per heavy atom. The third-order valence-corrected chi connectivity index (χ3v) is 2.06. The number of hydrogen-bond donors (Lipinski definition) is 2. The van der Waals surface area contributed by atoms with Crippen molar-refractivity contribution < 1.29 is 10.1 Å². The molecule has 0 aliphatic carbocycles. The van der Waals surface area contributed by atoms with Crippen molar-refractivity contribution in [2.24, 2.45) is 0 Å². The van der Waals surface area contributed by atoms with Gasteiger partial charge in [0.1, 0.15) is 0 Å². The van der Waals surface area contributed by atoms with Gasteiger partial charge in [-0.3, -0.25) is 25.8 Å². The van der Waals surface area contributed by atoms with Crippen LogP contribution in [0.15, 0.2) is 30.5 Å². The molecular formula is C9H7N3O3. The van der Waals surface area contributed by atoms with Crippen molar-refractivity contribution in [2.45, 2.75) is 0 Å². The molecule has 6 nitrogen and oxygen atoms in total. The number of rotatable bonds is 2. The number of nitrogens with one attached hydrogen (secondary N) is 1. The highest BCUT2D eigenvalue weighted by Crippen LogP contribution is 2.25. The van der Waals surface area contributed by atoms with Gasteiger partial charge in [-0.15, -0.1) is 0 Å². The molecule has 1 aromatic carbocycles. The van der Waals surface area contributed by atoms with Crippen molar-refractivity contribution in [3.8, 4) is 0 Å². The zero-order valence-electron chi connectivity index (χ0n) is 7.54. The van der Waals surface area contributed by atoms with Gasteiger partial charge in [0.2, 0.25) is 0 Å². The lowest BCUT2D eigenvalue weighted by Crippen LogP contribution is -1.93. The molecule has 0 spiro atoms. The molecule has 1 heterocycles. The maximum Gasteiger partial charge on any atom is 0.270 e. The molecule has 0 unspecified atom stereocenters. The Balaban J connectivity index is 2.72. The lowest BCUT2D eigenvalue weighted by molar-refractivity contribution is -0.384. The number of non-ortho nitro benzene ring substituents is 1. The fraction of sp³-hybridized carbons (Fsp3) is 0.